The zero-order chi connectivity index (χ0) is 13.1. The Morgan fingerprint density at radius 3 is 3.06 bits per heavy atom. The molecule has 1 aromatic rings. The Morgan fingerprint density at radius 1 is 1.56 bits per heavy atom. The SMILES string of the molecule is COC[C@@H](C)N(C)C(=O)c1ccc2c(c1)CCN2. The van der Waals surface area contributed by atoms with E-state index in [9.17, 15) is 4.79 Å². The van der Waals surface area contributed by atoms with Crippen LogP contribution in [0.25, 0.3) is 0 Å². The number of hydrogen-bond donors (Lipinski definition) is 1. The number of carbonyl (C=O) groups excluding carboxylic acids is 1. The van der Waals surface area contributed by atoms with Gasteiger partial charge in [-0.2, -0.15) is 0 Å². The zero-order valence-corrected chi connectivity index (χ0v) is 11.2. The minimum absolute atomic E-state index is 0.0502. The molecule has 1 atom stereocenters. The quantitative estimate of drug-likeness (QED) is 0.883. The van der Waals surface area contributed by atoms with E-state index in [4.69, 9.17) is 4.74 Å². The molecule has 0 aliphatic carbocycles. The summed E-state index contributed by atoms with van der Waals surface area (Å²) in [4.78, 5) is 14.0. The fourth-order valence-electron chi connectivity index (χ4n) is 2.19. The number of nitrogens with zero attached hydrogens (tertiary/aromatic N) is 1. The van der Waals surface area contributed by atoms with Gasteiger partial charge in [-0.25, -0.2) is 0 Å². The predicted molar refractivity (Wildman–Crippen MR) is 72.1 cm³/mol. The van der Waals surface area contributed by atoms with Crippen LogP contribution in [0.1, 0.15) is 22.8 Å². The molecular weight excluding hydrogens is 228 g/mol. The third kappa shape index (κ3) is 2.48. The van der Waals surface area contributed by atoms with Crippen molar-refractivity contribution in [3.63, 3.8) is 0 Å². The highest BCUT2D eigenvalue weighted by Gasteiger charge is 2.19. The average molecular weight is 248 g/mol. The number of anilines is 1. The first kappa shape index (κ1) is 12.9. The number of methoxy groups -OCH3 is 1. The first-order valence-corrected chi connectivity index (χ1v) is 6.26. The van der Waals surface area contributed by atoms with Crippen molar-refractivity contribution in [1.29, 1.82) is 0 Å². The van der Waals surface area contributed by atoms with Crippen LogP contribution >= 0.6 is 0 Å². The first-order valence-electron chi connectivity index (χ1n) is 6.26. The number of amides is 1. The lowest BCUT2D eigenvalue weighted by atomic mass is 10.1. The second-order valence-corrected chi connectivity index (χ2v) is 4.77. The van der Waals surface area contributed by atoms with Gasteiger partial charge in [-0.15, -0.1) is 0 Å². The molecule has 0 aromatic heterocycles. The highest BCUT2D eigenvalue weighted by Crippen LogP contribution is 2.23. The zero-order valence-electron chi connectivity index (χ0n) is 11.2. The number of hydrogen-bond acceptors (Lipinski definition) is 3. The standard InChI is InChI=1S/C14H20N2O2/c1-10(9-18-3)16(2)14(17)12-4-5-13-11(8-12)6-7-15-13/h4-5,8,10,15H,6-7,9H2,1-3H3/t10-/m1/s1. The molecule has 4 heteroatoms. The molecule has 0 radical (unpaired) electrons. The second-order valence-electron chi connectivity index (χ2n) is 4.77. The predicted octanol–water partition coefficient (Wildman–Crippen LogP) is 1.76. The molecular formula is C14H20N2O2. The average Bonchev–Trinajstić information content (AvgIpc) is 2.84. The summed E-state index contributed by atoms with van der Waals surface area (Å²) in [5.74, 6) is 0.0502. The van der Waals surface area contributed by atoms with E-state index < -0.39 is 0 Å². The lowest BCUT2D eigenvalue weighted by molar-refractivity contribution is 0.0633. The molecule has 1 N–H and O–H groups in total. The topological polar surface area (TPSA) is 41.6 Å². The van der Waals surface area contributed by atoms with Crippen molar-refractivity contribution in [1.82, 2.24) is 4.90 Å². The van der Waals surface area contributed by atoms with Crippen LogP contribution in [-0.4, -0.2) is 44.2 Å². The van der Waals surface area contributed by atoms with Gasteiger partial charge in [0, 0.05) is 32.0 Å². The number of likely N-dealkylation sites (N-methyl/N-ethyl adjacent to an activating group) is 1. The summed E-state index contributed by atoms with van der Waals surface area (Å²) in [7, 11) is 3.47. The van der Waals surface area contributed by atoms with Crippen LogP contribution in [0.15, 0.2) is 18.2 Å². The molecule has 1 heterocycles. The normalized spacial score (nSPS) is 14.8. The Bertz CT molecular complexity index is 445. The second kappa shape index (κ2) is 5.40. The number of benzene rings is 1. The highest BCUT2D eigenvalue weighted by molar-refractivity contribution is 5.95. The van der Waals surface area contributed by atoms with E-state index in [0.717, 1.165) is 24.2 Å². The maximum Gasteiger partial charge on any atom is 0.253 e. The van der Waals surface area contributed by atoms with Gasteiger partial charge in [0.25, 0.3) is 5.91 Å². The molecule has 0 bridgehead atoms. The summed E-state index contributed by atoms with van der Waals surface area (Å²) < 4.78 is 5.08. The van der Waals surface area contributed by atoms with Gasteiger partial charge in [0.05, 0.1) is 12.6 Å². The van der Waals surface area contributed by atoms with Crippen molar-refractivity contribution < 1.29 is 9.53 Å². The highest BCUT2D eigenvalue weighted by atomic mass is 16.5. The lowest BCUT2D eigenvalue weighted by Gasteiger charge is -2.24. The van der Waals surface area contributed by atoms with Gasteiger partial charge in [-0.3, -0.25) is 4.79 Å². The molecule has 0 spiro atoms. The van der Waals surface area contributed by atoms with E-state index in [-0.39, 0.29) is 11.9 Å². The largest absolute Gasteiger partial charge is 0.384 e. The number of rotatable bonds is 4. The van der Waals surface area contributed by atoms with E-state index in [0.29, 0.717) is 6.61 Å². The van der Waals surface area contributed by atoms with E-state index in [1.54, 1.807) is 12.0 Å². The van der Waals surface area contributed by atoms with Crippen molar-refractivity contribution in [3.8, 4) is 0 Å². The number of carbonyl (C=O) groups is 1. The Morgan fingerprint density at radius 2 is 2.33 bits per heavy atom. The molecule has 1 aliphatic heterocycles. The maximum atomic E-state index is 12.3. The van der Waals surface area contributed by atoms with Gasteiger partial charge in [0.2, 0.25) is 0 Å². The van der Waals surface area contributed by atoms with Gasteiger partial charge < -0.3 is 15.0 Å². The minimum atomic E-state index is 0.0502. The minimum Gasteiger partial charge on any atom is -0.384 e. The van der Waals surface area contributed by atoms with Gasteiger partial charge in [0.1, 0.15) is 0 Å². The van der Waals surface area contributed by atoms with Crippen molar-refractivity contribution in [3.05, 3.63) is 29.3 Å². The van der Waals surface area contributed by atoms with Gasteiger partial charge in [-0.1, -0.05) is 0 Å². The van der Waals surface area contributed by atoms with Crippen LogP contribution in [-0.2, 0) is 11.2 Å². The van der Waals surface area contributed by atoms with Gasteiger partial charge >= 0.3 is 0 Å². The number of nitrogens with one attached hydrogen (secondary N) is 1. The van der Waals surface area contributed by atoms with E-state index in [1.807, 2.05) is 32.2 Å². The van der Waals surface area contributed by atoms with Crippen molar-refractivity contribution >= 4 is 11.6 Å². The van der Waals surface area contributed by atoms with Crippen LogP contribution in [0, 0.1) is 0 Å². The number of ether oxygens (including phenoxy) is 1. The van der Waals surface area contributed by atoms with E-state index in [2.05, 4.69) is 5.32 Å². The molecule has 1 aliphatic rings. The molecule has 1 amide bonds. The summed E-state index contributed by atoms with van der Waals surface area (Å²) in [6.07, 6.45) is 0.994. The van der Waals surface area contributed by atoms with Crippen LogP contribution in [0.4, 0.5) is 5.69 Å². The fourth-order valence-corrected chi connectivity index (χ4v) is 2.19. The fraction of sp³-hybridized carbons (Fsp3) is 0.500. The molecule has 0 unspecified atom stereocenters. The van der Waals surface area contributed by atoms with Crippen molar-refractivity contribution in [2.45, 2.75) is 19.4 Å². The Kier molecular flexibility index (Phi) is 3.87. The molecule has 2 rings (SSSR count). The summed E-state index contributed by atoms with van der Waals surface area (Å²) in [5, 5.41) is 3.29. The third-order valence-corrected chi connectivity index (χ3v) is 3.45. The monoisotopic (exact) mass is 248 g/mol. The van der Waals surface area contributed by atoms with Gasteiger partial charge in [0.15, 0.2) is 0 Å². The molecule has 98 valence electrons. The maximum absolute atomic E-state index is 12.3. The van der Waals surface area contributed by atoms with Crippen molar-refractivity contribution in [2.24, 2.45) is 0 Å². The third-order valence-electron chi connectivity index (χ3n) is 3.45. The smallest absolute Gasteiger partial charge is 0.253 e. The number of fused-ring (bicyclic) bond motifs is 1. The molecule has 0 fully saturated rings. The van der Waals surface area contributed by atoms with E-state index in [1.165, 1.54) is 5.56 Å². The summed E-state index contributed by atoms with van der Waals surface area (Å²) in [5.41, 5.74) is 3.13. The van der Waals surface area contributed by atoms with Crippen LogP contribution < -0.4 is 5.32 Å². The molecule has 1 aromatic carbocycles. The molecule has 18 heavy (non-hydrogen) atoms. The Labute approximate surface area is 108 Å². The molecule has 4 nitrogen and oxygen atoms in total. The summed E-state index contributed by atoms with van der Waals surface area (Å²) >= 11 is 0. The van der Waals surface area contributed by atoms with Crippen molar-refractivity contribution in [2.75, 3.05) is 32.6 Å². The lowest BCUT2D eigenvalue weighted by Crippen LogP contribution is -2.37. The van der Waals surface area contributed by atoms with Crippen LogP contribution in [0.3, 0.4) is 0 Å². The molecule has 0 saturated heterocycles. The summed E-state index contributed by atoms with van der Waals surface area (Å²) in [6, 6.07) is 5.95. The van der Waals surface area contributed by atoms with Crippen LogP contribution in [0.2, 0.25) is 0 Å². The summed E-state index contributed by atoms with van der Waals surface area (Å²) in [6.45, 7) is 3.49. The van der Waals surface area contributed by atoms with Gasteiger partial charge in [-0.05, 0) is 37.1 Å². The van der Waals surface area contributed by atoms with E-state index >= 15 is 0 Å². The van der Waals surface area contributed by atoms with Crippen LogP contribution in [0.5, 0.6) is 0 Å². The molecule has 0 saturated carbocycles. The Hall–Kier alpha value is -1.55. The Balaban J connectivity index is 2.13. The first-order chi connectivity index (χ1) is 8.63.